The van der Waals surface area contributed by atoms with Crippen LogP contribution in [-0.4, -0.2) is 17.9 Å². The van der Waals surface area contributed by atoms with E-state index in [4.69, 9.17) is 4.74 Å². The van der Waals surface area contributed by atoms with E-state index in [2.05, 4.69) is 31.4 Å². The Labute approximate surface area is 196 Å². The lowest BCUT2D eigenvalue weighted by atomic mass is 9.87. The van der Waals surface area contributed by atoms with Crippen molar-refractivity contribution < 1.29 is 14.3 Å². The summed E-state index contributed by atoms with van der Waals surface area (Å²) in [5, 5.41) is 5.79. The van der Waals surface area contributed by atoms with Crippen molar-refractivity contribution in [2.75, 3.05) is 10.6 Å². The lowest BCUT2D eigenvalue weighted by molar-refractivity contribution is -0.122. The number of carbonyl (C=O) groups is 2. The zero-order chi connectivity index (χ0) is 24.0. The van der Waals surface area contributed by atoms with Crippen molar-refractivity contribution in [1.82, 2.24) is 0 Å². The first-order valence-corrected chi connectivity index (χ1v) is 11.2. The summed E-state index contributed by atoms with van der Waals surface area (Å²) < 4.78 is 5.93. The quantitative estimate of drug-likeness (QED) is 0.447. The predicted octanol–water partition coefficient (Wildman–Crippen LogP) is 6.34. The lowest BCUT2D eigenvalue weighted by Crippen LogP contribution is -2.32. The molecule has 172 valence electrons. The van der Waals surface area contributed by atoms with Crippen LogP contribution in [0.1, 0.15) is 55.6 Å². The minimum absolute atomic E-state index is 0.0286. The molecule has 3 aromatic carbocycles. The molecule has 0 spiro atoms. The summed E-state index contributed by atoms with van der Waals surface area (Å²) >= 11 is 0. The Morgan fingerprint density at radius 2 is 1.52 bits per heavy atom. The van der Waals surface area contributed by atoms with Gasteiger partial charge in [0.2, 0.25) is 0 Å². The number of carbonyl (C=O) groups excluding carboxylic acids is 2. The molecule has 33 heavy (non-hydrogen) atoms. The number of hydrogen-bond donors (Lipinski definition) is 2. The third-order valence-electron chi connectivity index (χ3n) is 5.43. The summed E-state index contributed by atoms with van der Waals surface area (Å²) in [4.78, 5) is 25.5. The Kier molecular flexibility index (Phi) is 7.54. The van der Waals surface area contributed by atoms with Gasteiger partial charge < -0.3 is 15.4 Å². The van der Waals surface area contributed by atoms with Gasteiger partial charge in [0.1, 0.15) is 5.75 Å². The summed E-state index contributed by atoms with van der Waals surface area (Å²) in [6.45, 7) is 10.3. The minimum Gasteiger partial charge on any atom is -0.480 e. The van der Waals surface area contributed by atoms with E-state index in [0.29, 0.717) is 29.1 Å². The third-order valence-corrected chi connectivity index (χ3v) is 5.43. The molecular weight excluding hydrogens is 412 g/mol. The maximum atomic E-state index is 12.8. The van der Waals surface area contributed by atoms with E-state index in [9.17, 15) is 9.59 Å². The molecule has 0 aliphatic rings. The second-order valence-electron chi connectivity index (χ2n) is 9.13. The fourth-order valence-electron chi connectivity index (χ4n) is 3.39. The van der Waals surface area contributed by atoms with E-state index >= 15 is 0 Å². The largest absolute Gasteiger partial charge is 0.480 e. The molecule has 0 fully saturated rings. The van der Waals surface area contributed by atoms with E-state index in [1.165, 1.54) is 5.56 Å². The van der Waals surface area contributed by atoms with Crippen LogP contribution in [-0.2, 0) is 10.2 Å². The van der Waals surface area contributed by atoms with Gasteiger partial charge in [-0.1, -0.05) is 64.1 Å². The van der Waals surface area contributed by atoms with Crippen LogP contribution >= 0.6 is 0 Å². The number of ether oxygens (including phenoxy) is 1. The van der Waals surface area contributed by atoms with Gasteiger partial charge in [0.15, 0.2) is 6.10 Å². The molecule has 0 saturated heterocycles. The number of benzene rings is 3. The second-order valence-corrected chi connectivity index (χ2v) is 9.13. The van der Waals surface area contributed by atoms with E-state index in [1.807, 2.05) is 62.4 Å². The number of amides is 2. The number of nitrogens with one attached hydrogen (secondary N) is 2. The molecule has 5 heteroatoms. The van der Waals surface area contributed by atoms with Gasteiger partial charge in [0, 0.05) is 16.9 Å². The third kappa shape index (κ3) is 6.45. The van der Waals surface area contributed by atoms with Gasteiger partial charge in [0.25, 0.3) is 11.8 Å². The van der Waals surface area contributed by atoms with E-state index in [1.54, 1.807) is 24.3 Å². The Bertz CT molecular complexity index is 1110. The fraction of sp³-hybridized carbons (Fsp3) is 0.286. The molecule has 0 aliphatic carbocycles. The first kappa shape index (κ1) is 24.1. The zero-order valence-corrected chi connectivity index (χ0v) is 19.9. The van der Waals surface area contributed by atoms with Crippen LogP contribution in [0.5, 0.6) is 5.75 Å². The number of hydrogen-bond acceptors (Lipinski definition) is 3. The monoisotopic (exact) mass is 444 g/mol. The number of anilines is 2. The van der Waals surface area contributed by atoms with Crippen molar-refractivity contribution in [1.29, 1.82) is 0 Å². The van der Waals surface area contributed by atoms with Crippen LogP contribution in [0.4, 0.5) is 11.4 Å². The Balaban J connectivity index is 1.65. The van der Waals surface area contributed by atoms with Crippen molar-refractivity contribution in [2.45, 2.75) is 52.6 Å². The summed E-state index contributed by atoms with van der Waals surface area (Å²) in [6, 6.07) is 22.3. The molecule has 1 atom stereocenters. The maximum absolute atomic E-state index is 12.8. The van der Waals surface area contributed by atoms with Crippen molar-refractivity contribution in [3.8, 4) is 5.75 Å². The fourth-order valence-corrected chi connectivity index (χ4v) is 3.39. The topological polar surface area (TPSA) is 67.4 Å². The van der Waals surface area contributed by atoms with Gasteiger partial charge in [-0.2, -0.15) is 0 Å². The molecule has 0 aliphatic heterocycles. The van der Waals surface area contributed by atoms with Gasteiger partial charge in [-0.25, -0.2) is 0 Å². The number of para-hydroxylation sites is 1. The highest BCUT2D eigenvalue weighted by Crippen LogP contribution is 2.23. The molecule has 0 saturated carbocycles. The Morgan fingerprint density at radius 1 is 0.879 bits per heavy atom. The van der Waals surface area contributed by atoms with Crippen LogP contribution in [0.3, 0.4) is 0 Å². The van der Waals surface area contributed by atoms with Crippen LogP contribution in [0.25, 0.3) is 0 Å². The maximum Gasteiger partial charge on any atom is 0.265 e. The average molecular weight is 445 g/mol. The van der Waals surface area contributed by atoms with E-state index in [-0.39, 0.29) is 17.2 Å². The average Bonchev–Trinajstić information content (AvgIpc) is 2.78. The molecule has 3 rings (SSSR count). The summed E-state index contributed by atoms with van der Waals surface area (Å²) in [7, 11) is 0. The lowest BCUT2D eigenvalue weighted by Gasteiger charge is -2.19. The van der Waals surface area contributed by atoms with Crippen molar-refractivity contribution in [2.24, 2.45) is 0 Å². The number of aryl methyl sites for hydroxylation is 1. The van der Waals surface area contributed by atoms with Gasteiger partial charge in [0.05, 0.1) is 0 Å². The molecule has 0 unspecified atom stereocenters. The van der Waals surface area contributed by atoms with Gasteiger partial charge in [-0.3, -0.25) is 9.59 Å². The normalized spacial score (nSPS) is 12.0. The zero-order valence-electron chi connectivity index (χ0n) is 19.9. The molecule has 2 amide bonds. The molecule has 0 bridgehead atoms. The Hall–Kier alpha value is -3.60. The molecule has 3 aromatic rings. The van der Waals surface area contributed by atoms with E-state index in [0.717, 1.165) is 5.56 Å². The van der Waals surface area contributed by atoms with Crippen molar-refractivity contribution >= 4 is 23.2 Å². The van der Waals surface area contributed by atoms with Gasteiger partial charge in [-0.15, -0.1) is 0 Å². The molecule has 0 radical (unpaired) electrons. The summed E-state index contributed by atoms with van der Waals surface area (Å²) in [5.41, 5.74) is 3.94. The molecule has 5 nitrogen and oxygen atoms in total. The molecule has 2 N–H and O–H groups in total. The molecule has 0 aromatic heterocycles. The van der Waals surface area contributed by atoms with Crippen LogP contribution in [0.2, 0.25) is 0 Å². The number of rotatable bonds is 7. The summed E-state index contributed by atoms with van der Waals surface area (Å²) in [6.07, 6.45) is -0.0908. The standard InChI is InChI=1S/C28H32N2O3/c1-6-24(33-25-13-8-7-10-19(25)2)27(32)30-23-12-9-11-22(18-23)29-26(31)20-14-16-21(17-15-20)28(3,4)5/h7-18,24H,6H2,1-5H3,(H,29,31)(H,30,32)/t24-/m0/s1. The highest BCUT2D eigenvalue weighted by atomic mass is 16.5. The molecular formula is C28H32N2O3. The van der Waals surface area contributed by atoms with Crippen molar-refractivity contribution in [3.05, 3.63) is 89.5 Å². The minimum atomic E-state index is -0.620. The van der Waals surface area contributed by atoms with Gasteiger partial charge >= 0.3 is 0 Å². The summed E-state index contributed by atoms with van der Waals surface area (Å²) in [5.74, 6) is 0.258. The first-order chi connectivity index (χ1) is 15.7. The van der Waals surface area contributed by atoms with Crippen LogP contribution in [0.15, 0.2) is 72.8 Å². The van der Waals surface area contributed by atoms with Gasteiger partial charge in [-0.05, 0) is 66.3 Å². The second kappa shape index (κ2) is 10.3. The highest BCUT2D eigenvalue weighted by Gasteiger charge is 2.20. The predicted molar refractivity (Wildman–Crippen MR) is 134 cm³/mol. The van der Waals surface area contributed by atoms with Crippen molar-refractivity contribution in [3.63, 3.8) is 0 Å². The van der Waals surface area contributed by atoms with E-state index < -0.39 is 6.10 Å². The smallest absolute Gasteiger partial charge is 0.265 e. The highest BCUT2D eigenvalue weighted by molar-refractivity contribution is 6.04. The van der Waals surface area contributed by atoms with Crippen LogP contribution < -0.4 is 15.4 Å². The SMILES string of the molecule is CC[C@H](Oc1ccccc1C)C(=O)Nc1cccc(NC(=O)c2ccc(C(C)(C)C)cc2)c1. The van der Waals surface area contributed by atoms with Crippen LogP contribution in [0, 0.1) is 6.92 Å². The molecule has 0 heterocycles. The Morgan fingerprint density at radius 3 is 2.12 bits per heavy atom. The first-order valence-electron chi connectivity index (χ1n) is 11.2.